The van der Waals surface area contributed by atoms with Gasteiger partial charge in [-0.3, -0.25) is 0 Å². The highest BCUT2D eigenvalue weighted by Crippen LogP contribution is 2.12. The summed E-state index contributed by atoms with van der Waals surface area (Å²) in [5.74, 6) is 2.04. The van der Waals surface area contributed by atoms with Crippen molar-refractivity contribution in [3.05, 3.63) is 64.9 Å². The fraction of sp³-hybridized carbons (Fsp3) is 0.154. The molecule has 1 aromatic carbocycles. The molecule has 0 aliphatic rings. The van der Waals surface area contributed by atoms with Gasteiger partial charge in [-0.25, -0.2) is 0 Å². The minimum Gasteiger partial charge on any atom is -0.194 e. The summed E-state index contributed by atoms with van der Waals surface area (Å²) >= 11 is 5.38. The van der Waals surface area contributed by atoms with E-state index in [1.165, 1.54) is 5.56 Å². The molecule has 2 aromatic rings. The van der Waals surface area contributed by atoms with Crippen molar-refractivity contribution in [2.75, 3.05) is 0 Å². The first-order valence-corrected chi connectivity index (χ1v) is 7.05. The third kappa shape index (κ3) is 3.65. The van der Waals surface area contributed by atoms with Crippen LogP contribution in [-0.4, -0.2) is 0 Å². The lowest BCUT2D eigenvalue weighted by Crippen LogP contribution is -2.30. The lowest BCUT2D eigenvalue weighted by atomic mass is 10.2. The van der Waals surface area contributed by atoms with Crippen LogP contribution in [-0.2, 0) is 11.6 Å². The number of hydrogen-bond donors (Lipinski definition) is 0. The van der Waals surface area contributed by atoms with E-state index in [2.05, 4.69) is 63.2 Å². The summed E-state index contributed by atoms with van der Waals surface area (Å²) in [6.07, 6.45) is 4.18. The van der Waals surface area contributed by atoms with E-state index in [1.807, 2.05) is 23.9 Å². The Morgan fingerprint density at radius 3 is 2.62 bits per heavy atom. The number of aromatic nitrogens is 1. The van der Waals surface area contributed by atoms with E-state index in [9.17, 15) is 0 Å². The van der Waals surface area contributed by atoms with Crippen LogP contribution in [0.2, 0.25) is 0 Å². The van der Waals surface area contributed by atoms with E-state index in [1.54, 1.807) is 0 Å². The number of thioether (sulfide) groups is 1. The van der Waals surface area contributed by atoms with Gasteiger partial charge in [0.25, 0.3) is 0 Å². The Labute approximate surface area is 109 Å². The minimum atomic E-state index is 0.980. The molecule has 0 bridgehead atoms. The summed E-state index contributed by atoms with van der Waals surface area (Å²) in [6.45, 7) is 0. The van der Waals surface area contributed by atoms with Gasteiger partial charge in [0, 0.05) is 11.8 Å². The van der Waals surface area contributed by atoms with E-state index in [-0.39, 0.29) is 0 Å². The maximum absolute atomic E-state index is 3.47. The zero-order valence-electron chi connectivity index (χ0n) is 8.84. The second-order valence-electron chi connectivity index (χ2n) is 3.50. The Kier molecular flexibility index (Phi) is 4.43. The Morgan fingerprint density at radius 2 is 1.88 bits per heavy atom. The second kappa shape index (κ2) is 6.06. The first-order valence-electron chi connectivity index (χ1n) is 5.11. The Hall–Kier alpha value is -0.800. The lowest BCUT2D eigenvalue weighted by Gasteiger charge is -1.99. The number of nitrogens with zero attached hydrogens (tertiary/aromatic N) is 1. The molecule has 3 heteroatoms. The highest BCUT2D eigenvalue weighted by molar-refractivity contribution is 9.10. The van der Waals surface area contributed by atoms with Crippen LogP contribution in [0.25, 0.3) is 0 Å². The summed E-state index contributed by atoms with van der Waals surface area (Å²) in [5, 5.41) is 0. The Bertz CT molecular complexity index is 445. The van der Waals surface area contributed by atoms with E-state index in [0.29, 0.717) is 0 Å². The predicted octanol–water partition coefficient (Wildman–Crippen LogP) is 3.63. The van der Waals surface area contributed by atoms with E-state index >= 15 is 0 Å². The molecule has 0 amide bonds. The largest absolute Gasteiger partial charge is 0.194 e. The molecule has 0 saturated heterocycles. The lowest BCUT2D eigenvalue weighted by molar-refractivity contribution is -0.676. The summed E-state index contributed by atoms with van der Waals surface area (Å²) in [4.78, 5) is 0. The van der Waals surface area contributed by atoms with Gasteiger partial charge in [0.15, 0.2) is 18.3 Å². The van der Waals surface area contributed by atoms with Gasteiger partial charge in [-0.2, -0.15) is 4.57 Å². The number of benzene rings is 1. The van der Waals surface area contributed by atoms with Gasteiger partial charge in [0.05, 0.1) is 4.47 Å². The van der Waals surface area contributed by atoms with Gasteiger partial charge < -0.3 is 0 Å². The first kappa shape index (κ1) is 11.7. The van der Waals surface area contributed by atoms with Crippen LogP contribution in [0.1, 0.15) is 5.56 Å². The zero-order valence-corrected chi connectivity index (χ0v) is 11.2. The summed E-state index contributed by atoms with van der Waals surface area (Å²) in [5.41, 5.74) is 1.38. The van der Waals surface area contributed by atoms with Crippen molar-refractivity contribution in [2.24, 2.45) is 0 Å². The molecule has 0 saturated carbocycles. The number of rotatable bonds is 4. The van der Waals surface area contributed by atoms with Crippen molar-refractivity contribution < 1.29 is 4.57 Å². The highest BCUT2D eigenvalue weighted by Gasteiger charge is 2.01. The summed E-state index contributed by atoms with van der Waals surface area (Å²) in [6, 6.07) is 14.6. The molecule has 0 atom stereocenters. The molecule has 1 aromatic heterocycles. The molecular formula is C13H13BrNS+. The van der Waals surface area contributed by atoms with Crippen LogP contribution in [0.5, 0.6) is 0 Å². The quantitative estimate of drug-likeness (QED) is 0.779. The van der Waals surface area contributed by atoms with Crippen molar-refractivity contribution in [1.29, 1.82) is 0 Å². The van der Waals surface area contributed by atoms with Gasteiger partial charge in [-0.05, 0) is 27.6 Å². The molecule has 1 nitrogen and oxygen atoms in total. The molecule has 0 radical (unpaired) electrons. The predicted molar refractivity (Wildman–Crippen MR) is 72.1 cm³/mol. The highest BCUT2D eigenvalue weighted by atomic mass is 79.9. The van der Waals surface area contributed by atoms with Crippen LogP contribution in [0.15, 0.2) is 59.3 Å². The third-order valence-electron chi connectivity index (χ3n) is 2.17. The average molecular weight is 295 g/mol. The molecular weight excluding hydrogens is 282 g/mol. The van der Waals surface area contributed by atoms with Crippen molar-refractivity contribution in [3.8, 4) is 0 Å². The van der Waals surface area contributed by atoms with E-state index in [4.69, 9.17) is 0 Å². The second-order valence-corrected chi connectivity index (χ2v) is 5.37. The van der Waals surface area contributed by atoms with E-state index < -0.39 is 0 Å². The topological polar surface area (TPSA) is 3.88 Å². The first-order chi connectivity index (χ1) is 7.84. The monoisotopic (exact) mass is 294 g/mol. The molecule has 1 heterocycles. The molecule has 0 spiro atoms. The number of hydrogen-bond acceptors (Lipinski definition) is 1. The van der Waals surface area contributed by atoms with Crippen LogP contribution in [0, 0.1) is 0 Å². The molecule has 0 unspecified atom stereocenters. The Morgan fingerprint density at radius 1 is 1.06 bits per heavy atom. The smallest absolute Gasteiger partial charge is 0.194 e. The fourth-order valence-corrected chi connectivity index (χ4v) is 2.72. The summed E-state index contributed by atoms with van der Waals surface area (Å²) in [7, 11) is 0. The standard InChI is InChI=1S/C13H13BrNS/c14-13-7-4-8-15(9-13)11-16-10-12-5-2-1-3-6-12/h1-9H,10-11H2/q+1. The zero-order chi connectivity index (χ0) is 11.2. The molecule has 16 heavy (non-hydrogen) atoms. The molecule has 2 rings (SSSR count). The van der Waals surface area contributed by atoms with Crippen LogP contribution in [0.4, 0.5) is 0 Å². The van der Waals surface area contributed by atoms with Gasteiger partial charge >= 0.3 is 0 Å². The molecule has 0 aliphatic carbocycles. The fourth-order valence-electron chi connectivity index (χ4n) is 1.41. The molecule has 82 valence electrons. The van der Waals surface area contributed by atoms with Crippen molar-refractivity contribution in [2.45, 2.75) is 11.6 Å². The molecule has 0 N–H and O–H groups in total. The number of pyridine rings is 1. The van der Waals surface area contributed by atoms with E-state index in [0.717, 1.165) is 16.1 Å². The average Bonchev–Trinajstić information content (AvgIpc) is 2.30. The maximum atomic E-state index is 3.47. The van der Waals surface area contributed by atoms with Gasteiger partial charge in [-0.1, -0.05) is 42.1 Å². The van der Waals surface area contributed by atoms with Crippen LogP contribution in [0.3, 0.4) is 0 Å². The molecule has 0 aliphatic heterocycles. The summed E-state index contributed by atoms with van der Waals surface area (Å²) < 4.78 is 3.30. The van der Waals surface area contributed by atoms with Crippen LogP contribution < -0.4 is 4.57 Å². The number of halogens is 1. The molecule has 0 fully saturated rings. The maximum Gasteiger partial charge on any atom is 0.194 e. The van der Waals surface area contributed by atoms with Crippen molar-refractivity contribution in [3.63, 3.8) is 0 Å². The Balaban J connectivity index is 1.85. The van der Waals surface area contributed by atoms with Crippen LogP contribution >= 0.6 is 27.7 Å². The van der Waals surface area contributed by atoms with Crippen molar-refractivity contribution in [1.82, 2.24) is 0 Å². The van der Waals surface area contributed by atoms with Gasteiger partial charge in [-0.15, -0.1) is 0 Å². The van der Waals surface area contributed by atoms with Gasteiger partial charge in [0.1, 0.15) is 0 Å². The SMILES string of the molecule is Brc1ccc[n+](CSCc2ccccc2)c1. The third-order valence-corrected chi connectivity index (χ3v) is 3.66. The van der Waals surface area contributed by atoms with Crippen molar-refractivity contribution >= 4 is 27.7 Å². The van der Waals surface area contributed by atoms with Gasteiger partial charge in [0.2, 0.25) is 0 Å². The normalized spacial score (nSPS) is 10.3. The minimum absolute atomic E-state index is 0.980.